The number of carbonyl (C=O) groups excluding carboxylic acids is 1. The molecule has 110 valence electrons. The zero-order valence-electron chi connectivity index (χ0n) is 12.0. The Kier molecular flexibility index (Phi) is 4.98. The third-order valence-electron chi connectivity index (χ3n) is 3.56. The second-order valence-corrected chi connectivity index (χ2v) is 5.01. The number of ether oxygens (including phenoxy) is 2. The van der Waals surface area contributed by atoms with Crippen LogP contribution in [0.3, 0.4) is 0 Å². The van der Waals surface area contributed by atoms with Crippen LogP contribution in [0.5, 0.6) is 5.75 Å². The molecule has 0 radical (unpaired) electrons. The van der Waals surface area contributed by atoms with Crippen LogP contribution in [0.2, 0.25) is 0 Å². The number of methoxy groups -OCH3 is 2. The molecule has 5 heteroatoms. The molecule has 1 aliphatic carbocycles. The van der Waals surface area contributed by atoms with Gasteiger partial charge in [-0.1, -0.05) is 12.1 Å². The van der Waals surface area contributed by atoms with E-state index in [1.165, 1.54) is 7.11 Å². The second kappa shape index (κ2) is 6.72. The highest BCUT2D eigenvalue weighted by atomic mass is 16.5. The first kappa shape index (κ1) is 14.8. The summed E-state index contributed by atoms with van der Waals surface area (Å²) in [6, 6.07) is 8.09. The maximum atomic E-state index is 12.4. The van der Waals surface area contributed by atoms with Crippen molar-refractivity contribution >= 4 is 5.91 Å². The summed E-state index contributed by atoms with van der Waals surface area (Å²) in [5, 5.41) is 0. The Labute approximate surface area is 119 Å². The van der Waals surface area contributed by atoms with E-state index in [0.29, 0.717) is 12.6 Å². The minimum Gasteiger partial charge on any atom is -0.497 e. The molecule has 1 unspecified atom stereocenters. The lowest BCUT2D eigenvalue weighted by Crippen LogP contribution is -2.44. The number of nitrogens with zero attached hydrogens (tertiary/aromatic N) is 1. The molecule has 0 aliphatic heterocycles. The average molecular weight is 278 g/mol. The largest absolute Gasteiger partial charge is 0.497 e. The lowest BCUT2D eigenvalue weighted by molar-refractivity contribution is -0.142. The fourth-order valence-corrected chi connectivity index (χ4v) is 2.18. The molecule has 2 N–H and O–H groups in total. The predicted octanol–water partition coefficient (Wildman–Crippen LogP) is 1.16. The number of nitrogens with two attached hydrogens (primary N) is 1. The molecule has 2 rings (SSSR count). The second-order valence-electron chi connectivity index (χ2n) is 5.01. The van der Waals surface area contributed by atoms with Gasteiger partial charge in [-0.2, -0.15) is 0 Å². The molecule has 1 aromatic carbocycles. The van der Waals surface area contributed by atoms with Crippen molar-refractivity contribution in [2.75, 3.05) is 20.8 Å². The Morgan fingerprint density at radius 2 is 2.00 bits per heavy atom. The van der Waals surface area contributed by atoms with Crippen LogP contribution in [0, 0.1) is 0 Å². The third-order valence-corrected chi connectivity index (χ3v) is 3.56. The van der Waals surface area contributed by atoms with Gasteiger partial charge in [0, 0.05) is 26.2 Å². The van der Waals surface area contributed by atoms with E-state index in [0.717, 1.165) is 24.2 Å². The molecular formula is C15H22N2O3. The summed E-state index contributed by atoms with van der Waals surface area (Å²) >= 11 is 0. The van der Waals surface area contributed by atoms with Crippen LogP contribution in [0.4, 0.5) is 0 Å². The van der Waals surface area contributed by atoms with Crippen molar-refractivity contribution in [3.8, 4) is 5.75 Å². The standard InChI is InChI=1S/C15H22N2O3/c1-19-13-7-3-11(4-8-13)10-17(12-5-6-12)15(18)14(9-16)20-2/h3-4,7-8,12,14H,5-6,9-10,16H2,1-2H3. The van der Waals surface area contributed by atoms with Crippen LogP contribution in [0.1, 0.15) is 18.4 Å². The SMILES string of the molecule is COc1ccc(CN(C(=O)C(CN)OC)C2CC2)cc1. The monoisotopic (exact) mass is 278 g/mol. The van der Waals surface area contributed by atoms with E-state index in [4.69, 9.17) is 15.2 Å². The van der Waals surface area contributed by atoms with Crippen LogP contribution in [-0.4, -0.2) is 43.7 Å². The van der Waals surface area contributed by atoms with Gasteiger partial charge in [0.1, 0.15) is 11.9 Å². The van der Waals surface area contributed by atoms with Crippen molar-refractivity contribution in [3.63, 3.8) is 0 Å². The minimum absolute atomic E-state index is 0.0201. The summed E-state index contributed by atoms with van der Waals surface area (Å²) in [4.78, 5) is 14.3. The Morgan fingerprint density at radius 1 is 1.35 bits per heavy atom. The molecule has 0 spiro atoms. The van der Waals surface area contributed by atoms with E-state index >= 15 is 0 Å². The molecular weight excluding hydrogens is 256 g/mol. The van der Waals surface area contributed by atoms with Gasteiger partial charge in [0.05, 0.1) is 7.11 Å². The van der Waals surface area contributed by atoms with E-state index in [9.17, 15) is 4.79 Å². The molecule has 0 heterocycles. The molecule has 1 saturated carbocycles. The summed E-state index contributed by atoms with van der Waals surface area (Å²) in [5.41, 5.74) is 6.67. The van der Waals surface area contributed by atoms with E-state index in [2.05, 4.69) is 0 Å². The van der Waals surface area contributed by atoms with Crippen molar-refractivity contribution in [1.82, 2.24) is 4.90 Å². The lowest BCUT2D eigenvalue weighted by atomic mass is 10.2. The van der Waals surface area contributed by atoms with Gasteiger partial charge in [-0.05, 0) is 30.5 Å². The molecule has 1 amide bonds. The van der Waals surface area contributed by atoms with Crippen LogP contribution in [-0.2, 0) is 16.1 Å². The molecule has 1 aromatic rings. The van der Waals surface area contributed by atoms with E-state index in [1.54, 1.807) is 7.11 Å². The van der Waals surface area contributed by atoms with Gasteiger partial charge in [0.25, 0.3) is 5.91 Å². The van der Waals surface area contributed by atoms with E-state index in [-0.39, 0.29) is 12.5 Å². The van der Waals surface area contributed by atoms with Crippen molar-refractivity contribution < 1.29 is 14.3 Å². The minimum atomic E-state index is -0.547. The molecule has 0 saturated heterocycles. The van der Waals surface area contributed by atoms with Crippen molar-refractivity contribution in [1.29, 1.82) is 0 Å². The van der Waals surface area contributed by atoms with Crippen molar-refractivity contribution in [2.24, 2.45) is 5.73 Å². The molecule has 0 bridgehead atoms. The zero-order valence-corrected chi connectivity index (χ0v) is 12.0. The summed E-state index contributed by atoms with van der Waals surface area (Å²) in [5.74, 6) is 0.795. The predicted molar refractivity (Wildman–Crippen MR) is 76.4 cm³/mol. The molecule has 1 aliphatic rings. The first-order chi connectivity index (χ1) is 9.69. The number of carbonyl (C=O) groups is 1. The molecule has 5 nitrogen and oxygen atoms in total. The molecule has 20 heavy (non-hydrogen) atoms. The summed E-state index contributed by atoms with van der Waals surface area (Å²) in [6.07, 6.45) is 1.57. The zero-order chi connectivity index (χ0) is 14.5. The normalized spacial score (nSPS) is 15.8. The summed E-state index contributed by atoms with van der Waals surface area (Å²) in [7, 11) is 3.16. The van der Waals surface area contributed by atoms with Crippen molar-refractivity contribution in [2.45, 2.75) is 31.5 Å². The van der Waals surface area contributed by atoms with Gasteiger partial charge >= 0.3 is 0 Å². The number of rotatable bonds is 7. The van der Waals surface area contributed by atoms with Gasteiger partial charge in [0.2, 0.25) is 0 Å². The van der Waals surface area contributed by atoms with Crippen LogP contribution >= 0.6 is 0 Å². The van der Waals surface area contributed by atoms with Crippen molar-refractivity contribution in [3.05, 3.63) is 29.8 Å². The maximum absolute atomic E-state index is 12.4. The average Bonchev–Trinajstić information content (AvgIpc) is 3.31. The first-order valence-corrected chi connectivity index (χ1v) is 6.86. The van der Waals surface area contributed by atoms with Gasteiger partial charge in [-0.3, -0.25) is 4.79 Å². The highest BCUT2D eigenvalue weighted by Gasteiger charge is 2.35. The molecule has 1 fully saturated rings. The third kappa shape index (κ3) is 3.49. The van der Waals surface area contributed by atoms with Gasteiger partial charge in [-0.15, -0.1) is 0 Å². The van der Waals surface area contributed by atoms with Crippen LogP contribution in [0.15, 0.2) is 24.3 Å². The molecule has 1 atom stereocenters. The first-order valence-electron chi connectivity index (χ1n) is 6.86. The van der Waals surface area contributed by atoms with E-state index in [1.807, 2.05) is 29.2 Å². The Hall–Kier alpha value is -1.59. The number of benzene rings is 1. The fourth-order valence-electron chi connectivity index (χ4n) is 2.18. The van der Waals surface area contributed by atoms with E-state index < -0.39 is 6.10 Å². The maximum Gasteiger partial charge on any atom is 0.253 e. The smallest absolute Gasteiger partial charge is 0.253 e. The quantitative estimate of drug-likeness (QED) is 0.813. The highest BCUT2D eigenvalue weighted by Crippen LogP contribution is 2.29. The topological polar surface area (TPSA) is 64.8 Å². The number of hydrogen-bond acceptors (Lipinski definition) is 4. The number of hydrogen-bond donors (Lipinski definition) is 1. The fraction of sp³-hybridized carbons (Fsp3) is 0.533. The molecule has 0 aromatic heterocycles. The highest BCUT2D eigenvalue weighted by molar-refractivity contribution is 5.81. The Bertz CT molecular complexity index is 439. The van der Waals surface area contributed by atoms with Crippen LogP contribution < -0.4 is 10.5 Å². The van der Waals surface area contributed by atoms with Gasteiger partial charge in [-0.25, -0.2) is 0 Å². The number of amides is 1. The Balaban J connectivity index is 2.06. The lowest BCUT2D eigenvalue weighted by Gasteiger charge is -2.26. The Morgan fingerprint density at radius 3 is 2.45 bits per heavy atom. The summed E-state index contributed by atoms with van der Waals surface area (Å²) in [6.45, 7) is 0.800. The van der Waals surface area contributed by atoms with Gasteiger partial charge < -0.3 is 20.1 Å². The summed E-state index contributed by atoms with van der Waals surface area (Å²) < 4.78 is 10.3. The van der Waals surface area contributed by atoms with Crippen LogP contribution in [0.25, 0.3) is 0 Å². The van der Waals surface area contributed by atoms with Gasteiger partial charge in [0.15, 0.2) is 0 Å².